The van der Waals surface area contributed by atoms with Gasteiger partial charge in [0.05, 0.1) is 11.9 Å². The topological polar surface area (TPSA) is 49.3 Å². The van der Waals surface area contributed by atoms with Gasteiger partial charge in [0, 0.05) is 11.8 Å². The van der Waals surface area contributed by atoms with Gasteiger partial charge in [-0.05, 0) is 20.3 Å². The second-order valence-corrected chi connectivity index (χ2v) is 4.50. The fourth-order valence-electron chi connectivity index (χ4n) is 0.767. The van der Waals surface area contributed by atoms with Crippen LogP contribution in [-0.2, 0) is 4.79 Å². The van der Waals surface area contributed by atoms with Gasteiger partial charge in [-0.3, -0.25) is 4.79 Å². The van der Waals surface area contributed by atoms with Crippen molar-refractivity contribution in [2.75, 3.05) is 12.4 Å². The van der Waals surface area contributed by atoms with Crippen molar-refractivity contribution in [3.8, 4) is 0 Å². The second kappa shape index (κ2) is 7.21. The van der Waals surface area contributed by atoms with Crippen molar-refractivity contribution in [2.45, 2.75) is 38.5 Å². The first-order valence-electron chi connectivity index (χ1n) is 4.64. The molecule has 0 saturated carbocycles. The van der Waals surface area contributed by atoms with E-state index in [1.165, 1.54) is 11.8 Å². The number of thioether (sulfide) groups is 1. The highest BCUT2D eigenvalue weighted by atomic mass is 32.2. The predicted molar refractivity (Wildman–Crippen MR) is 56.9 cm³/mol. The number of hydrogen-bond acceptors (Lipinski definition) is 3. The van der Waals surface area contributed by atoms with Gasteiger partial charge in [-0.1, -0.05) is 6.92 Å². The highest BCUT2D eigenvalue weighted by molar-refractivity contribution is 8.00. The van der Waals surface area contributed by atoms with Gasteiger partial charge >= 0.3 is 0 Å². The minimum absolute atomic E-state index is 0.0628. The largest absolute Gasteiger partial charge is 0.396 e. The molecule has 78 valence electrons. The summed E-state index contributed by atoms with van der Waals surface area (Å²) < 4.78 is 0. The number of hydrogen-bond donors (Lipinski definition) is 2. The van der Waals surface area contributed by atoms with Crippen molar-refractivity contribution in [1.29, 1.82) is 0 Å². The summed E-state index contributed by atoms with van der Waals surface area (Å²) in [4.78, 5) is 11.4. The molecule has 2 unspecified atom stereocenters. The third-order valence-electron chi connectivity index (χ3n) is 1.83. The monoisotopic (exact) mass is 205 g/mol. The first-order valence-corrected chi connectivity index (χ1v) is 5.69. The van der Waals surface area contributed by atoms with Gasteiger partial charge < -0.3 is 10.4 Å². The molecule has 0 aromatic heterocycles. The van der Waals surface area contributed by atoms with Crippen LogP contribution in [0.4, 0.5) is 0 Å². The minimum atomic E-state index is -0.0684. The fraction of sp³-hybridized carbons (Fsp3) is 0.889. The van der Waals surface area contributed by atoms with E-state index in [2.05, 4.69) is 5.32 Å². The molecule has 0 fully saturated rings. The van der Waals surface area contributed by atoms with E-state index in [0.717, 1.165) is 6.42 Å². The Kier molecular flexibility index (Phi) is 7.09. The zero-order chi connectivity index (χ0) is 10.3. The Labute approximate surface area is 84.3 Å². The van der Waals surface area contributed by atoms with Crippen LogP contribution in [0.15, 0.2) is 0 Å². The molecule has 0 rings (SSSR count). The Bertz CT molecular complexity index is 153. The van der Waals surface area contributed by atoms with Crippen LogP contribution in [0.3, 0.4) is 0 Å². The van der Waals surface area contributed by atoms with E-state index >= 15 is 0 Å². The third-order valence-corrected chi connectivity index (χ3v) is 2.96. The molecule has 0 saturated heterocycles. The molecule has 0 spiro atoms. The lowest BCUT2D eigenvalue weighted by molar-refractivity contribution is -0.120. The van der Waals surface area contributed by atoms with Crippen molar-refractivity contribution >= 4 is 17.7 Å². The lowest BCUT2D eigenvalue weighted by Crippen LogP contribution is -2.37. The molecular weight excluding hydrogens is 186 g/mol. The van der Waals surface area contributed by atoms with E-state index < -0.39 is 0 Å². The molecule has 3 nitrogen and oxygen atoms in total. The zero-order valence-corrected chi connectivity index (χ0v) is 9.36. The summed E-state index contributed by atoms with van der Waals surface area (Å²) in [7, 11) is 0. The van der Waals surface area contributed by atoms with Crippen LogP contribution in [0.25, 0.3) is 0 Å². The maximum absolute atomic E-state index is 11.4. The lowest BCUT2D eigenvalue weighted by Gasteiger charge is -2.15. The lowest BCUT2D eigenvalue weighted by atomic mass is 10.2. The first kappa shape index (κ1) is 12.8. The predicted octanol–water partition coefficient (Wildman–Crippen LogP) is 1.02. The Morgan fingerprint density at radius 1 is 1.54 bits per heavy atom. The summed E-state index contributed by atoms with van der Waals surface area (Å²) in [6.45, 7) is 6.02. The number of aliphatic hydroxyl groups excluding tert-OH is 1. The Balaban J connectivity index is 3.68. The molecule has 0 bridgehead atoms. The van der Waals surface area contributed by atoms with Crippen LogP contribution >= 0.6 is 11.8 Å². The van der Waals surface area contributed by atoms with E-state index in [-0.39, 0.29) is 23.8 Å². The highest BCUT2D eigenvalue weighted by Crippen LogP contribution is 2.09. The van der Waals surface area contributed by atoms with Gasteiger partial charge in [-0.25, -0.2) is 0 Å². The summed E-state index contributed by atoms with van der Waals surface area (Å²) in [5, 5.41) is 11.4. The summed E-state index contributed by atoms with van der Waals surface area (Å²) in [5.74, 6) is 0.683. The van der Waals surface area contributed by atoms with Gasteiger partial charge in [-0.15, -0.1) is 11.8 Å². The molecule has 0 aromatic carbocycles. The molecule has 13 heavy (non-hydrogen) atoms. The van der Waals surface area contributed by atoms with Crippen molar-refractivity contribution in [2.24, 2.45) is 0 Å². The fourth-order valence-corrected chi connectivity index (χ4v) is 1.45. The number of aliphatic hydroxyl groups is 1. The molecule has 0 aliphatic carbocycles. The number of amides is 1. The number of nitrogens with one attached hydrogen (secondary N) is 1. The van der Waals surface area contributed by atoms with Gasteiger partial charge in [0.1, 0.15) is 0 Å². The average molecular weight is 205 g/mol. The van der Waals surface area contributed by atoms with Crippen LogP contribution in [0, 0.1) is 0 Å². The SMILES string of the molecule is CCC(C)NC(=O)C(C)SCCO. The van der Waals surface area contributed by atoms with Gasteiger partial charge in [0.15, 0.2) is 0 Å². The van der Waals surface area contributed by atoms with Crippen LogP contribution in [-0.4, -0.2) is 34.7 Å². The first-order chi connectivity index (χ1) is 6.11. The van der Waals surface area contributed by atoms with Crippen LogP contribution < -0.4 is 5.32 Å². The molecule has 0 heterocycles. The summed E-state index contributed by atoms with van der Waals surface area (Å²) in [6, 6.07) is 0.240. The molecule has 0 aromatic rings. The highest BCUT2D eigenvalue weighted by Gasteiger charge is 2.13. The molecule has 0 aliphatic rings. The van der Waals surface area contributed by atoms with E-state index in [1.807, 2.05) is 20.8 Å². The molecule has 4 heteroatoms. The molecular formula is C9H19NO2S. The van der Waals surface area contributed by atoms with Crippen molar-refractivity contribution in [3.63, 3.8) is 0 Å². The van der Waals surface area contributed by atoms with Crippen molar-refractivity contribution < 1.29 is 9.90 Å². The zero-order valence-electron chi connectivity index (χ0n) is 8.54. The average Bonchev–Trinajstić information content (AvgIpc) is 2.13. The van der Waals surface area contributed by atoms with Crippen LogP contribution in [0.5, 0.6) is 0 Å². The van der Waals surface area contributed by atoms with E-state index in [0.29, 0.717) is 5.75 Å². The van der Waals surface area contributed by atoms with E-state index in [4.69, 9.17) is 5.11 Å². The quantitative estimate of drug-likeness (QED) is 0.680. The van der Waals surface area contributed by atoms with Gasteiger partial charge in [0.2, 0.25) is 5.91 Å². The van der Waals surface area contributed by atoms with Crippen LogP contribution in [0.2, 0.25) is 0 Å². The standard InChI is InChI=1S/C9H19NO2S/c1-4-7(2)10-9(12)8(3)13-6-5-11/h7-8,11H,4-6H2,1-3H3,(H,10,12). The third kappa shape index (κ3) is 5.93. The number of carbonyl (C=O) groups excluding carboxylic acids is 1. The van der Waals surface area contributed by atoms with E-state index in [9.17, 15) is 4.79 Å². The summed E-state index contributed by atoms with van der Waals surface area (Å²) in [6.07, 6.45) is 0.948. The maximum atomic E-state index is 11.4. The maximum Gasteiger partial charge on any atom is 0.233 e. The summed E-state index contributed by atoms with van der Waals surface area (Å²) >= 11 is 1.47. The van der Waals surface area contributed by atoms with Crippen molar-refractivity contribution in [3.05, 3.63) is 0 Å². The number of carbonyl (C=O) groups is 1. The smallest absolute Gasteiger partial charge is 0.233 e. The van der Waals surface area contributed by atoms with Crippen LogP contribution in [0.1, 0.15) is 27.2 Å². The molecule has 0 radical (unpaired) electrons. The Hall–Kier alpha value is -0.220. The molecule has 0 aliphatic heterocycles. The molecule has 2 atom stereocenters. The van der Waals surface area contributed by atoms with E-state index in [1.54, 1.807) is 0 Å². The molecule has 1 amide bonds. The molecule has 2 N–H and O–H groups in total. The normalized spacial score (nSPS) is 15.1. The Morgan fingerprint density at radius 2 is 2.15 bits per heavy atom. The minimum Gasteiger partial charge on any atom is -0.396 e. The Morgan fingerprint density at radius 3 is 2.62 bits per heavy atom. The van der Waals surface area contributed by atoms with Gasteiger partial charge in [-0.2, -0.15) is 0 Å². The second-order valence-electron chi connectivity index (χ2n) is 3.05. The number of rotatable bonds is 6. The van der Waals surface area contributed by atoms with Crippen molar-refractivity contribution in [1.82, 2.24) is 5.32 Å². The van der Waals surface area contributed by atoms with Gasteiger partial charge in [0.25, 0.3) is 0 Å². The summed E-state index contributed by atoms with van der Waals surface area (Å²) in [5.41, 5.74) is 0.